The predicted molar refractivity (Wildman–Crippen MR) is 283 cm³/mol. The molecule has 0 fully saturated rings. The van der Waals surface area contributed by atoms with E-state index in [0.29, 0.717) is 0 Å². The monoisotopic (exact) mass is 857 g/mol. The number of fused-ring (bicyclic) bond motifs is 6. The summed E-state index contributed by atoms with van der Waals surface area (Å²) in [6.07, 6.45) is 0. The minimum Gasteiger partial charge on any atom is -0.310 e. The summed E-state index contributed by atoms with van der Waals surface area (Å²) in [4.78, 5) is 2.41. The van der Waals surface area contributed by atoms with Crippen molar-refractivity contribution >= 4 is 17.1 Å². The standard InChI is InChI=1S/C66H51N/c1-65(2)61-26-12-10-22-57(61)59-41-36-49(43-63(59)65)46-34-39-52(40-35-46)67(53-19-14-18-50(42-53)56-24-15-25-60-58-23-11-13-27-62(58)66(3,4)64(56)60)51-37-32-45(33-38-51)44-28-30-48(31-29-44)55-21-9-8-20-54(55)47-16-6-5-7-17-47/h5-43H,1-4H3. The zero-order valence-corrected chi connectivity index (χ0v) is 38.5. The van der Waals surface area contributed by atoms with Crippen LogP contribution in [0.15, 0.2) is 237 Å². The van der Waals surface area contributed by atoms with Gasteiger partial charge in [0.25, 0.3) is 0 Å². The first kappa shape index (κ1) is 40.5. The molecule has 0 aromatic heterocycles. The Morgan fingerprint density at radius 2 is 0.657 bits per heavy atom. The molecule has 0 N–H and O–H groups in total. The molecule has 1 nitrogen and oxygen atoms in total. The van der Waals surface area contributed by atoms with Gasteiger partial charge >= 0.3 is 0 Å². The highest BCUT2D eigenvalue weighted by Crippen LogP contribution is 2.53. The summed E-state index contributed by atoms with van der Waals surface area (Å²) >= 11 is 0. The predicted octanol–water partition coefficient (Wildman–Crippen LogP) is 18.1. The Kier molecular flexibility index (Phi) is 9.59. The Balaban J connectivity index is 0.916. The third kappa shape index (κ3) is 6.76. The molecule has 12 rings (SSSR count). The van der Waals surface area contributed by atoms with E-state index in [-0.39, 0.29) is 10.8 Å². The second kappa shape index (κ2) is 15.9. The number of anilines is 3. The van der Waals surface area contributed by atoms with Crippen LogP contribution >= 0.6 is 0 Å². The number of nitrogens with zero attached hydrogens (tertiary/aromatic N) is 1. The minimum absolute atomic E-state index is 0.0530. The zero-order valence-electron chi connectivity index (χ0n) is 38.5. The summed E-state index contributed by atoms with van der Waals surface area (Å²) in [5, 5.41) is 0. The highest BCUT2D eigenvalue weighted by Gasteiger charge is 2.38. The lowest BCUT2D eigenvalue weighted by Gasteiger charge is -2.28. The summed E-state index contributed by atoms with van der Waals surface area (Å²) < 4.78 is 0. The van der Waals surface area contributed by atoms with Crippen LogP contribution in [0, 0.1) is 0 Å². The van der Waals surface area contributed by atoms with E-state index >= 15 is 0 Å². The highest BCUT2D eigenvalue weighted by atomic mass is 15.1. The van der Waals surface area contributed by atoms with Crippen molar-refractivity contribution in [1.29, 1.82) is 0 Å². The molecule has 0 aliphatic heterocycles. The van der Waals surface area contributed by atoms with Crippen LogP contribution in [-0.4, -0.2) is 0 Å². The maximum absolute atomic E-state index is 2.41. The maximum atomic E-state index is 2.41. The van der Waals surface area contributed by atoms with Crippen LogP contribution in [0.1, 0.15) is 49.9 Å². The van der Waals surface area contributed by atoms with Crippen molar-refractivity contribution in [3.05, 3.63) is 259 Å². The van der Waals surface area contributed by atoms with Crippen LogP contribution in [0.25, 0.3) is 77.9 Å². The van der Waals surface area contributed by atoms with Gasteiger partial charge in [-0.05, 0) is 143 Å². The Labute approximate surface area is 395 Å². The highest BCUT2D eigenvalue weighted by molar-refractivity contribution is 5.91. The molecule has 320 valence electrons. The summed E-state index contributed by atoms with van der Waals surface area (Å²) in [6, 6.07) is 87.3. The van der Waals surface area contributed by atoms with Gasteiger partial charge in [0.2, 0.25) is 0 Å². The van der Waals surface area contributed by atoms with Gasteiger partial charge in [-0.2, -0.15) is 0 Å². The maximum Gasteiger partial charge on any atom is 0.0467 e. The first-order valence-corrected chi connectivity index (χ1v) is 23.6. The molecule has 0 bridgehead atoms. The van der Waals surface area contributed by atoms with Crippen molar-refractivity contribution in [2.75, 3.05) is 4.90 Å². The number of rotatable bonds is 8. The van der Waals surface area contributed by atoms with Crippen molar-refractivity contribution in [2.45, 2.75) is 38.5 Å². The van der Waals surface area contributed by atoms with E-state index in [9.17, 15) is 0 Å². The smallest absolute Gasteiger partial charge is 0.0467 e. The van der Waals surface area contributed by atoms with Crippen LogP contribution in [0.3, 0.4) is 0 Å². The fraction of sp³-hybridized carbons (Fsp3) is 0.0909. The first-order chi connectivity index (χ1) is 32.7. The van der Waals surface area contributed by atoms with Crippen LogP contribution in [0.5, 0.6) is 0 Å². The average Bonchev–Trinajstić information content (AvgIpc) is 3.76. The van der Waals surface area contributed by atoms with Crippen LogP contribution in [0.2, 0.25) is 0 Å². The van der Waals surface area contributed by atoms with E-state index < -0.39 is 0 Å². The molecule has 2 aliphatic rings. The van der Waals surface area contributed by atoms with E-state index in [1.165, 1.54) is 100 Å². The van der Waals surface area contributed by atoms with Gasteiger partial charge in [0, 0.05) is 27.9 Å². The molecule has 0 saturated carbocycles. The van der Waals surface area contributed by atoms with Gasteiger partial charge in [-0.15, -0.1) is 0 Å². The van der Waals surface area contributed by atoms with Crippen molar-refractivity contribution in [3.63, 3.8) is 0 Å². The molecule has 67 heavy (non-hydrogen) atoms. The van der Waals surface area contributed by atoms with Crippen LogP contribution in [0.4, 0.5) is 17.1 Å². The third-order valence-corrected chi connectivity index (χ3v) is 14.7. The second-order valence-corrected chi connectivity index (χ2v) is 19.3. The fourth-order valence-electron chi connectivity index (χ4n) is 11.3. The van der Waals surface area contributed by atoms with Crippen molar-refractivity contribution in [2.24, 2.45) is 0 Å². The molecule has 0 radical (unpaired) electrons. The van der Waals surface area contributed by atoms with Gasteiger partial charge in [0.1, 0.15) is 0 Å². The van der Waals surface area contributed by atoms with E-state index in [0.717, 1.165) is 17.1 Å². The Morgan fingerprint density at radius 1 is 0.239 bits per heavy atom. The lowest BCUT2D eigenvalue weighted by Crippen LogP contribution is -2.16. The summed E-state index contributed by atoms with van der Waals surface area (Å²) in [7, 11) is 0. The Hall–Kier alpha value is -8.00. The topological polar surface area (TPSA) is 3.24 Å². The van der Waals surface area contributed by atoms with E-state index in [4.69, 9.17) is 0 Å². The van der Waals surface area contributed by atoms with Crippen molar-refractivity contribution in [1.82, 2.24) is 0 Å². The lowest BCUT2D eigenvalue weighted by atomic mass is 9.79. The van der Waals surface area contributed by atoms with Crippen molar-refractivity contribution < 1.29 is 0 Å². The SMILES string of the molecule is CC1(C)c2ccccc2-c2ccc(-c3ccc(N(c4ccc(-c5ccc(-c6ccccc6-c6ccccc6)cc5)cc4)c4cccc(-c5cccc6c5C(C)(C)c5ccccc5-6)c4)cc3)cc21. The second-order valence-electron chi connectivity index (χ2n) is 19.3. The molecular weight excluding hydrogens is 807 g/mol. The van der Waals surface area contributed by atoms with Gasteiger partial charge in [-0.25, -0.2) is 0 Å². The molecule has 0 amide bonds. The summed E-state index contributed by atoms with van der Waals surface area (Å²) in [5.41, 5.74) is 26.3. The molecular formula is C66H51N. The first-order valence-electron chi connectivity index (χ1n) is 23.6. The van der Waals surface area contributed by atoms with E-state index in [1.54, 1.807) is 0 Å². The molecule has 0 atom stereocenters. The van der Waals surface area contributed by atoms with Crippen LogP contribution < -0.4 is 4.90 Å². The largest absolute Gasteiger partial charge is 0.310 e. The number of hydrogen-bond donors (Lipinski definition) is 0. The van der Waals surface area contributed by atoms with Gasteiger partial charge in [-0.1, -0.05) is 222 Å². The average molecular weight is 858 g/mol. The summed E-state index contributed by atoms with van der Waals surface area (Å²) in [5.74, 6) is 0. The number of benzene rings is 10. The number of hydrogen-bond acceptors (Lipinski definition) is 1. The molecule has 0 unspecified atom stereocenters. The minimum atomic E-state index is -0.122. The van der Waals surface area contributed by atoms with Gasteiger partial charge < -0.3 is 4.90 Å². The van der Waals surface area contributed by atoms with Gasteiger partial charge in [-0.3, -0.25) is 0 Å². The summed E-state index contributed by atoms with van der Waals surface area (Å²) in [6.45, 7) is 9.45. The Bertz CT molecular complexity index is 3480. The molecule has 10 aromatic carbocycles. The van der Waals surface area contributed by atoms with E-state index in [1.807, 2.05) is 0 Å². The van der Waals surface area contributed by atoms with Crippen molar-refractivity contribution in [3.8, 4) is 77.9 Å². The third-order valence-electron chi connectivity index (χ3n) is 14.7. The molecule has 0 saturated heterocycles. The Morgan fingerprint density at radius 3 is 1.30 bits per heavy atom. The molecule has 2 aliphatic carbocycles. The van der Waals surface area contributed by atoms with Gasteiger partial charge in [0.15, 0.2) is 0 Å². The zero-order chi connectivity index (χ0) is 45.3. The quantitative estimate of drug-likeness (QED) is 0.147. The molecule has 10 aromatic rings. The fourth-order valence-corrected chi connectivity index (χ4v) is 11.3. The normalized spacial score (nSPS) is 13.6. The molecule has 1 heteroatoms. The van der Waals surface area contributed by atoms with Crippen LogP contribution in [-0.2, 0) is 10.8 Å². The molecule has 0 spiro atoms. The lowest BCUT2D eigenvalue weighted by molar-refractivity contribution is 0.660. The van der Waals surface area contributed by atoms with Gasteiger partial charge in [0.05, 0.1) is 0 Å². The molecule has 0 heterocycles. The van der Waals surface area contributed by atoms with E-state index in [2.05, 4.69) is 269 Å².